The Morgan fingerprint density at radius 2 is 1.94 bits per heavy atom. The monoisotopic (exact) mass is 494 g/mol. The second kappa shape index (κ2) is 10.3. The van der Waals surface area contributed by atoms with Gasteiger partial charge in [0, 0.05) is 13.1 Å². The zero-order valence-corrected chi connectivity index (χ0v) is 18.9. The van der Waals surface area contributed by atoms with Crippen LogP contribution in [0.15, 0.2) is 52.1 Å². The van der Waals surface area contributed by atoms with Crippen molar-refractivity contribution in [3.63, 3.8) is 0 Å². The normalized spacial score (nSPS) is 14.2. The topological polar surface area (TPSA) is 89.7 Å². The number of benzene rings is 2. The van der Waals surface area contributed by atoms with Crippen LogP contribution in [-0.4, -0.2) is 55.3 Å². The van der Waals surface area contributed by atoms with Crippen LogP contribution >= 0.6 is 11.8 Å². The third-order valence-corrected chi connectivity index (χ3v) is 5.84. The molecule has 3 aromatic rings. The lowest BCUT2D eigenvalue weighted by Gasteiger charge is -2.31. The predicted molar refractivity (Wildman–Crippen MR) is 120 cm³/mol. The quantitative estimate of drug-likeness (QED) is 0.486. The number of halogens is 3. The van der Waals surface area contributed by atoms with Crippen molar-refractivity contribution in [2.75, 3.05) is 49.4 Å². The summed E-state index contributed by atoms with van der Waals surface area (Å²) in [7, 11) is 1.52. The van der Waals surface area contributed by atoms with Gasteiger partial charge in [-0.05, 0) is 30.3 Å². The number of anilines is 2. The van der Waals surface area contributed by atoms with Crippen LogP contribution in [0.5, 0.6) is 5.75 Å². The number of carbonyl (C=O) groups is 1. The number of rotatable bonds is 7. The van der Waals surface area contributed by atoms with E-state index in [-0.39, 0.29) is 22.6 Å². The van der Waals surface area contributed by atoms with Crippen molar-refractivity contribution < 1.29 is 31.9 Å². The first-order chi connectivity index (χ1) is 16.3. The summed E-state index contributed by atoms with van der Waals surface area (Å²) in [5.74, 6) is 0.149. The van der Waals surface area contributed by atoms with E-state index < -0.39 is 17.6 Å². The van der Waals surface area contributed by atoms with E-state index in [4.69, 9.17) is 13.9 Å². The van der Waals surface area contributed by atoms with Crippen LogP contribution in [0.3, 0.4) is 0 Å². The summed E-state index contributed by atoms with van der Waals surface area (Å²) < 4.78 is 56.0. The molecule has 0 saturated carbocycles. The maximum Gasteiger partial charge on any atom is 0.416 e. The number of carbonyl (C=O) groups excluding carboxylic acids is 1. The standard InChI is InChI=1S/C22H21F3N4O4S/c1-31-18-5-3-2-4-15(18)20-27-28-21(33-20)34-13-19(30)26-16-12-14(22(23,24)25)6-7-17(16)29-8-10-32-11-9-29/h2-7,12H,8-11,13H2,1H3,(H,26,30). The van der Waals surface area contributed by atoms with Crippen molar-refractivity contribution in [3.8, 4) is 17.2 Å². The summed E-state index contributed by atoms with van der Waals surface area (Å²) in [5.41, 5.74) is 0.354. The fraction of sp³-hybridized carbons (Fsp3) is 0.318. The number of nitrogens with one attached hydrogen (secondary N) is 1. The van der Waals surface area contributed by atoms with Gasteiger partial charge in [0.15, 0.2) is 0 Å². The minimum absolute atomic E-state index is 0.0857. The number of amides is 1. The van der Waals surface area contributed by atoms with E-state index in [1.807, 2.05) is 4.90 Å². The molecule has 0 spiro atoms. The summed E-state index contributed by atoms with van der Waals surface area (Å²) in [5, 5.41) is 10.6. The Morgan fingerprint density at radius 3 is 2.68 bits per heavy atom. The van der Waals surface area contributed by atoms with Gasteiger partial charge in [0.2, 0.25) is 5.91 Å². The number of ether oxygens (including phenoxy) is 2. The highest BCUT2D eigenvalue weighted by molar-refractivity contribution is 7.99. The number of hydrogen-bond donors (Lipinski definition) is 1. The summed E-state index contributed by atoms with van der Waals surface area (Å²) in [6.45, 7) is 1.93. The predicted octanol–water partition coefficient (Wildman–Crippen LogP) is 4.33. The molecule has 0 radical (unpaired) electrons. The average Bonchev–Trinajstić information content (AvgIpc) is 3.31. The van der Waals surface area contributed by atoms with E-state index in [9.17, 15) is 18.0 Å². The number of nitrogens with zero attached hydrogens (tertiary/aromatic N) is 3. The molecule has 0 unspecified atom stereocenters. The number of methoxy groups -OCH3 is 1. The zero-order chi connectivity index (χ0) is 24.1. The first-order valence-corrected chi connectivity index (χ1v) is 11.3. The van der Waals surface area contributed by atoms with Gasteiger partial charge in [-0.3, -0.25) is 4.79 Å². The molecular weight excluding hydrogens is 473 g/mol. The molecule has 2 aromatic carbocycles. The van der Waals surface area contributed by atoms with Crippen molar-refractivity contribution in [2.24, 2.45) is 0 Å². The molecule has 0 atom stereocenters. The van der Waals surface area contributed by atoms with E-state index >= 15 is 0 Å². The van der Waals surface area contributed by atoms with Crippen molar-refractivity contribution in [1.82, 2.24) is 10.2 Å². The first kappa shape index (κ1) is 23.9. The number of para-hydroxylation sites is 1. The van der Waals surface area contributed by atoms with Crippen LogP contribution in [0.2, 0.25) is 0 Å². The first-order valence-electron chi connectivity index (χ1n) is 10.3. The van der Waals surface area contributed by atoms with E-state index in [1.54, 1.807) is 24.3 Å². The molecule has 34 heavy (non-hydrogen) atoms. The second-order valence-corrected chi connectivity index (χ2v) is 8.17. The Kier molecular flexibility index (Phi) is 7.27. The third kappa shape index (κ3) is 5.62. The van der Waals surface area contributed by atoms with Crippen LogP contribution in [0.1, 0.15) is 5.56 Å². The Morgan fingerprint density at radius 1 is 1.18 bits per heavy atom. The molecule has 1 fully saturated rings. The van der Waals surface area contributed by atoms with Gasteiger partial charge < -0.3 is 24.1 Å². The Balaban J connectivity index is 1.46. The van der Waals surface area contributed by atoms with Gasteiger partial charge >= 0.3 is 6.18 Å². The van der Waals surface area contributed by atoms with Gasteiger partial charge in [0.1, 0.15) is 5.75 Å². The fourth-order valence-electron chi connectivity index (χ4n) is 3.40. The highest BCUT2D eigenvalue weighted by Gasteiger charge is 2.32. The smallest absolute Gasteiger partial charge is 0.416 e. The molecule has 8 nitrogen and oxygen atoms in total. The molecule has 1 saturated heterocycles. The van der Waals surface area contributed by atoms with Crippen LogP contribution < -0.4 is 15.0 Å². The highest BCUT2D eigenvalue weighted by Crippen LogP contribution is 2.36. The van der Waals surface area contributed by atoms with Gasteiger partial charge in [-0.1, -0.05) is 23.9 Å². The van der Waals surface area contributed by atoms with Crippen LogP contribution in [0.25, 0.3) is 11.5 Å². The molecule has 1 amide bonds. The summed E-state index contributed by atoms with van der Waals surface area (Å²) in [4.78, 5) is 14.5. The van der Waals surface area contributed by atoms with Gasteiger partial charge in [0.25, 0.3) is 11.1 Å². The summed E-state index contributed by atoms with van der Waals surface area (Å²) >= 11 is 0.979. The lowest BCUT2D eigenvalue weighted by atomic mass is 10.1. The van der Waals surface area contributed by atoms with Crippen molar-refractivity contribution >= 4 is 29.0 Å². The molecule has 1 aromatic heterocycles. The zero-order valence-electron chi connectivity index (χ0n) is 18.1. The highest BCUT2D eigenvalue weighted by atomic mass is 32.2. The van der Waals surface area contributed by atoms with E-state index in [0.29, 0.717) is 43.3 Å². The number of thioether (sulfide) groups is 1. The maximum atomic E-state index is 13.3. The lowest BCUT2D eigenvalue weighted by Crippen LogP contribution is -2.37. The summed E-state index contributed by atoms with van der Waals surface area (Å²) in [6.07, 6.45) is -4.53. The molecule has 180 valence electrons. The summed E-state index contributed by atoms with van der Waals surface area (Å²) in [6, 6.07) is 10.4. The largest absolute Gasteiger partial charge is 0.496 e. The second-order valence-electron chi connectivity index (χ2n) is 7.24. The van der Waals surface area contributed by atoms with Crippen molar-refractivity contribution in [3.05, 3.63) is 48.0 Å². The van der Waals surface area contributed by atoms with Crippen LogP contribution in [0.4, 0.5) is 24.5 Å². The van der Waals surface area contributed by atoms with Gasteiger partial charge in [0.05, 0.1) is 48.6 Å². The Labute approximate surface area is 197 Å². The van der Waals surface area contributed by atoms with Gasteiger partial charge in [-0.2, -0.15) is 13.2 Å². The molecule has 2 heterocycles. The average molecular weight is 494 g/mol. The Bertz CT molecular complexity index is 1150. The minimum atomic E-state index is -4.53. The molecule has 0 aliphatic carbocycles. The number of hydrogen-bond acceptors (Lipinski definition) is 8. The molecular formula is C22H21F3N4O4S. The number of aromatic nitrogens is 2. The molecule has 1 aliphatic rings. The maximum absolute atomic E-state index is 13.3. The van der Waals surface area contributed by atoms with E-state index in [1.165, 1.54) is 13.2 Å². The van der Waals surface area contributed by atoms with Crippen LogP contribution in [-0.2, 0) is 15.7 Å². The molecule has 4 rings (SSSR count). The molecule has 1 aliphatic heterocycles. The SMILES string of the molecule is COc1ccccc1-c1nnc(SCC(=O)Nc2cc(C(F)(F)F)ccc2N2CCOCC2)o1. The molecule has 12 heteroatoms. The van der Waals surface area contributed by atoms with Gasteiger partial charge in [-0.15, -0.1) is 10.2 Å². The fourth-order valence-corrected chi connectivity index (χ4v) is 3.97. The third-order valence-electron chi connectivity index (χ3n) is 5.02. The van der Waals surface area contributed by atoms with E-state index in [0.717, 1.165) is 23.9 Å². The van der Waals surface area contributed by atoms with E-state index in [2.05, 4.69) is 15.5 Å². The van der Waals surface area contributed by atoms with Crippen molar-refractivity contribution in [1.29, 1.82) is 0 Å². The lowest BCUT2D eigenvalue weighted by molar-refractivity contribution is -0.137. The van der Waals surface area contributed by atoms with Crippen molar-refractivity contribution in [2.45, 2.75) is 11.4 Å². The van der Waals surface area contributed by atoms with Gasteiger partial charge in [-0.25, -0.2) is 0 Å². The number of alkyl halides is 3. The Hall–Kier alpha value is -3.25. The van der Waals surface area contributed by atoms with Crippen LogP contribution in [0, 0.1) is 0 Å². The molecule has 1 N–H and O–H groups in total. The number of morpholine rings is 1. The molecule has 0 bridgehead atoms. The minimum Gasteiger partial charge on any atom is -0.496 e.